The van der Waals surface area contributed by atoms with Crippen molar-refractivity contribution < 1.29 is 14.3 Å². The first-order valence-electron chi connectivity index (χ1n) is 5.54. The molecule has 6 heteroatoms. The Morgan fingerprint density at radius 3 is 3.11 bits per heavy atom. The van der Waals surface area contributed by atoms with E-state index >= 15 is 0 Å². The van der Waals surface area contributed by atoms with Crippen molar-refractivity contribution in [3.05, 3.63) is 22.7 Å². The largest absolute Gasteiger partial charge is 0.482 e. The van der Waals surface area contributed by atoms with Gasteiger partial charge in [-0.3, -0.25) is 14.5 Å². The molecule has 1 aliphatic rings. The standard InChI is InChI=1S/C13H11BrN2O3/c1-2-5-15-12(17)7-16-10-4-3-9(14)6-11(10)19-8-13(16)18/h1,3-4,6H,5,7-8H2,(H,15,17). The van der Waals surface area contributed by atoms with Crippen LogP contribution in [0.15, 0.2) is 22.7 Å². The first-order chi connectivity index (χ1) is 9.11. The van der Waals surface area contributed by atoms with E-state index in [9.17, 15) is 9.59 Å². The molecule has 0 unspecified atom stereocenters. The Morgan fingerprint density at radius 2 is 2.37 bits per heavy atom. The average Bonchev–Trinajstić information content (AvgIpc) is 2.39. The van der Waals surface area contributed by atoms with Crippen LogP contribution in [0.1, 0.15) is 0 Å². The van der Waals surface area contributed by atoms with Gasteiger partial charge >= 0.3 is 0 Å². The van der Waals surface area contributed by atoms with Crippen molar-refractivity contribution in [2.24, 2.45) is 0 Å². The molecule has 5 nitrogen and oxygen atoms in total. The lowest BCUT2D eigenvalue weighted by Gasteiger charge is -2.28. The fourth-order valence-electron chi connectivity index (χ4n) is 1.70. The second-order valence-corrected chi connectivity index (χ2v) is 4.78. The summed E-state index contributed by atoms with van der Waals surface area (Å²) in [7, 11) is 0. The monoisotopic (exact) mass is 322 g/mol. The molecule has 2 amide bonds. The molecule has 0 radical (unpaired) electrons. The number of carbonyl (C=O) groups is 2. The van der Waals surface area contributed by atoms with E-state index in [4.69, 9.17) is 11.2 Å². The van der Waals surface area contributed by atoms with Crippen molar-refractivity contribution in [2.45, 2.75) is 0 Å². The Morgan fingerprint density at radius 1 is 1.58 bits per heavy atom. The summed E-state index contributed by atoms with van der Waals surface area (Å²) in [5.41, 5.74) is 0.579. The van der Waals surface area contributed by atoms with Crippen LogP contribution < -0.4 is 15.0 Å². The Labute approximate surface area is 119 Å². The number of carbonyl (C=O) groups excluding carboxylic acids is 2. The molecular weight excluding hydrogens is 312 g/mol. The SMILES string of the molecule is C#CCNC(=O)CN1C(=O)COc2cc(Br)ccc21. The third-order valence-corrected chi connectivity index (χ3v) is 3.05. The average molecular weight is 323 g/mol. The summed E-state index contributed by atoms with van der Waals surface area (Å²) in [6.45, 7) is -0.00502. The van der Waals surface area contributed by atoms with E-state index in [2.05, 4.69) is 27.2 Å². The smallest absolute Gasteiger partial charge is 0.265 e. The van der Waals surface area contributed by atoms with Gasteiger partial charge in [0.1, 0.15) is 12.3 Å². The zero-order chi connectivity index (χ0) is 13.8. The molecule has 1 heterocycles. The molecule has 0 aliphatic carbocycles. The van der Waals surface area contributed by atoms with E-state index < -0.39 is 0 Å². The van der Waals surface area contributed by atoms with Gasteiger partial charge < -0.3 is 10.1 Å². The van der Waals surface area contributed by atoms with Crippen LogP contribution in [0.25, 0.3) is 0 Å². The summed E-state index contributed by atoms with van der Waals surface area (Å²) in [5.74, 6) is 2.31. The van der Waals surface area contributed by atoms with Crippen molar-refractivity contribution in [3.8, 4) is 18.1 Å². The lowest BCUT2D eigenvalue weighted by atomic mass is 10.2. The van der Waals surface area contributed by atoms with Crippen LogP contribution in [0.2, 0.25) is 0 Å². The molecule has 2 rings (SSSR count). The van der Waals surface area contributed by atoms with Gasteiger partial charge in [-0.2, -0.15) is 0 Å². The molecule has 1 N–H and O–H groups in total. The number of halogens is 1. The number of anilines is 1. The number of hydrogen-bond acceptors (Lipinski definition) is 3. The Kier molecular flexibility index (Phi) is 4.07. The molecule has 0 bridgehead atoms. The maximum Gasteiger partial charge on any atom is 0.265 e. The van der Waals surface area contributed by atoms with Gasteiger partial charge in [0, 0.05) is 4.47 Å². The number of fused-ring (bicyclic) bond motifs is 1. The van der Waals surface area contributed by atoms with E-state index in [0.717, 1.165) is 4.47 Å². The van der Waals surface area contributed by atoms with Crippen LogP contribution >= 0.6 is 15.9 Å². The second kappa shape index (κ2) is 5.76. The highest BCUT2D eigenvalue weighted by Gasteiger charge is 2.27. The van der Waals surface area contributed by atoms with Crippen molar-refractivity contribution in [1.29, 1.82) is 0 Å². The molecule has 0 atom stereocenters. The topological polar surface area (TPSA) is 58.6 Å². The number of hydrogen-bond donors (Lipinski definition) is 1. The Balaban J connectivity index is 2.19. The van der Waals surface area contributed by atoms with Gasteiger partial charge in [-0.15, -0.1) is 6.42 Å². The van der Waals surface area contributed by atoms with Crippen molar-refractivity contribution in [1.82, 2.24) is 5.32 Å². The normalized spacial score (nSPS) is 13.3. The highest BCUT2D eigenvalue weighted by molar-refractivity contribution is 9.10. The van der Waals surface area contributed by atoms with Crippen LogP contribution in [0, 0.1) is 12.3 Å². The number of benzene rings is 1. The van der Waals surface area contributed by atoms with Crippen LogP contribution in [-0.2, 0) is 9.59 Å². The lowest BCUT2D eigenvalue weighted by Crippen LogP contribution is -2.45. The maximum atomic E-state index is 11.8. The molecule has 0 fully saturated rings. The Hall–Kier alpha value is -2.00. The van der Waals surface area contributed by atoms with E-state index in [1.807, 2.05) is 0 Å². The molecule has 1 aromatic rings. The van der Waals surface area contributed by atoms with Gasteiger partial charge in [-0.1, -0.05) is 21.9 Å². The second-order valence-electron chi connectivity index (χ2n) is 3.86. The first kappa shape index (κ1) is 13.4. The molecule has 0 aromatic heterocycles. The minimum atomic E-state index is -0.304. The van der Waals surface area contributed by atoms with Crippen molar-refractivity contribution >= 4 is 33.4 Å². The lowest BCUT2D eigenvalue weighted by molar-refractivity contribution is -0.125. The maximum absolute atomic E-state index is 11.8. The highest BCUT2D eigenvalue weighted by Crippen LogP contribution is 2.34. The quantitative estimate of drug-likeness (QED) is 0.842. The zero-order valence-corrected chi connectivity index (χ0v) is 11.6. The van der Waals surface area contributed by atoms with Gasteiger partial charge in [0.2, 0.25) is 5.91 Å². The fraction of sp³-hybridized carbons (Fsp3) is 0.231. The first-order valence-corrected chi connectivity index (χ1v) is 6.34. The summed E-state index contributed by atoms with van der Waals surface area (Å²) in [6.07, 6.45) is 5.06. The van der Waals surface area contributed by atoms with Crippen molar-refractivity contribution in [3.63, 3.8) is 0 Å². The van der Waals surface area contributed by atoms with E-state index in [1.54, 1.807) is 18.2 Å². The number of rotatable bonds is 3. The third-order valence-electron chi connectivity index (χ3n) is 2.55. The van der Waals surface area contributed by atoms with Gasteiger partial charge in [-0.05, 0) is 18.2 Å². The number of nitrogens with zero attached hydrogens (tertiary/aromatic N) is 1. The minimum Gasteiger partial charge on any atom is -0.482 e. The van der Waals surface area contributed by atoms with Crippen LogP contribution in [-0.4, -0.2) is 31.5 Å². The summed E-state index contributed by atoms with van der Waals surface area (Å²) < 4.78 is 6.17. The predicted molar refractivity (Wildman–Crippen MR) is 73.8 cm³/mol. The van der Waals surface area contributed by atoms with Gasteiger partial charge in [0.25, 0.3) is 5.91 Å². The summed E-state index contributed by atoms with van der Waals surface area (Å²) in [5, 5.41) is 2.52. The molecule has 1 aliphatic heterocycles. The number of nitrogens with one attached hydrogen (secondary N) is 1. The van der Waals surface area contributed by atoms with Crippen LogP contribution in [0.5, 0.6) is 5.75 Å². The predicted octanol–water partition coefficient (Wildman–Crippen LogP) is 0.924. The van der Waals surface area contributed by atoms with E-state index in [1.165, 1.54) is 4.90 Å². The van der Waals surface area contributed by atoms with E-state index in [0.29, 0.717) is 11.4 Å². The Bertz CT molecular complexity index is 565. The third kappa shape index (κ3) is 3.06. The summed E-state index contributed by atoms with van der Waals surface area (Å²) >= 11 is 3.33. The molecule has 0 saturated carbocycles. The van der Waals surface area contributed by atoms with Crippen molar-refractivity contribution in [2.75, 3.05) is 24.6 Å². The fourth-order valence-corrected chi connectivity index (χ4v) is 2.04. The zero-order valence-electron chi connectivity index (χ0n) is 9.98. The molecular formula is C13H11BrN2O3. The minimum absolute atomic E-state index is 0.0709. The van der Waals surface area contributed by atoms with Gasteiger partial charge in [-0.25, -0.2) is 0 Å². The molecule has 98 valence electrons. The number of terminal acetylenes is 1. The number of amides is 2. The van der Waals surface area contributed by atoms with E-state index in [-0.39, 0.29) is 31.5 Å². The summed E-state index contributed by atoms with van der Waals surface area (Å²) in [4.78, 5) is 24.8. The highest BCUT2D eigenvalue weighted by atomic mass is 79.9. The molecule has 0 saturated heterocycles. The van der Waals surface area contributed by atoms with Gasteiger partial charge in [0.15, 0.2) is 6.61 Å². The summed E-state index contributed by atoms with van der Waals surface area (Å²) in [6, 6.07) is 5.27. The molecule has 1 aromatic carbocycles. The molecule has 19 heavy (non-hydrogen) atoms. The molecule has 0 spiro atoms. The number of ether oxygens (including phenoxy) is 1. The van der Waals surface area contributed by atoms with Gasteiger partial charge in [0.05, 0.1) is 12.2 Å². The van der Waals surface area contributed by atoms with Crippen LogP contribution in [0.3, 0.4) is 0 Å². The van der Waals surface area contributed by atoms with Crippen LogP contribution in [0.4, 0.5) is 5.69 Å².